The Labute approximate surface area is 167 Å². The molecule has 9 heteroatoms. The molecule has 1 unspecified atom stereocenters. The van der Waals surface area contributed by atoms with E-state index in [-0.39, 0.29) is 5.56 Å². The number of amides is 1. The molecule has 1 aromatic heterocycles. The summed E-state index contributed by atoms with van der Waals surface area (Å²) < 4.78 is 17.2. The fourth-order valence-corrected chi connectivity index (χ4v) is 3.58. The van der Waals surface area contributed by atoms with Crippen LogP contribution >= 0.6 is 22.6 Å². The number of nitrogens with one attached hydrogen (secondary N) is 1. The van der Waals surface area contributed by atoms with E-state index in [4.69, 9.17) is 0 Å². The summed E-state index contributed by atoms with van der Waals surface area (Å²) in [5.41, 5.74) is 2.02. The molecule has 2 aromatic carbocycles. The molecule has 136 valence electrons. The van der Waals surface area contributed by atoms with Crippen molar-refractivity contribution >= 4 is 34.4 Å². The van der Waals surface area contributed by atoms with Crippen LogP contribution in [0.5, 0.6) is 0 Å². The lowest BCUT2D eigenvalue weighted by molar-refractivity contribution is 0.189. The minimum Gasteiger partial charge on any atom is -0.465 e. The molecule has 2 N–H and O–H groups in total. The quantitative estimate of drug-likeness (QED) is 0.554. The second-order valence-corrected chi connectivity index (χ2v) is 7.16. The molecule has 1 aliphatic heterocycles. The number of benzene rings is 2. The summed E-state index contributed by atoms with van der Waals surface area (Å²) in [5.74, 6) is 0.461. The van der Waals surface area contributed by atoms with E-state index in [2.05, 4.69) is 43.1 Å². The lowest BCUT2D eigenvalue weighted by atomic mass is 10.00. The van der Waals surface area contributed by atoms with Crippen molar-refractivity contribution in [2.45, 2.75) is 13.1 Å². The minimum absolute atomic E-state index is 0.286. The van der Waals surface area contributed by atoms with Gasteiger partial charge in [0.25, 0.3) is 0 Å². The second kappa shape index (κ2) is 6.72. The van der Waals surface area contributed by atoms with E-state index in [0.717, 1.165) is 3.57 Å². The van der Waals surface area contributed by atoms with Gasteiger partial charge < -0.3 is 5.11 Å². The van der Waals surface area contributed by atoms with Crippen molar-refractivity contribution in [1.29, 1.82) is 0 Å². The van der Waals surface area contributed by atoms with Crippen molar-refractivity contribution in [3.63, 3.8) is 0 Å². The van der Waals surface area contributed by atoms with E-state index in [9.17, 15) is 14.3 Å². The molecule has 0 radical (unpaired) electrons. The number of carboxylic acid groups (broad SMARTS) is 1. The Balaban J connectivity index is 2.06. The van der Waals surface area contributed by atoms with Crippen molar-refractivity contribution in [2.75, 3.05) is 0 Å². The van der Waals surface area contributed by atoms with Gasteiger partial charge >= 0.3 is 6.09 Å². The van der Waals surface area contributed by atoms with Gasteiger partial charge in [0.1, 0.15) is 11.6 Å². The van der Waals surface area contributed by atoms with Gasteiger partial charge in [-0.25, -0.2) is 9.18 Å². The number of carbonyl (C=O) groups is 1. The van der Waals surface area contributed by atoms with E-state index in [0.29, 0.717) is 28.6 Å². The van der Waals surface area contributed by atoms with Crippen molar-refractivity contribution in [1.82, 2.24) is 20.1 Å². The third-order valence-corrected chi connectivity index (χ3v) is 4.87. The molecule has 0 aliphatic carbocycles. The highest BCUT2D eigenvalue weighted by atomic mass is 127. The van der Waals surface area contributed by atoms with Crippen LogP contribution in [0.3, 0.4) is 0 Å². The van der Waals surface area contributed by atoms with E-state index in [1.54, 1.807) is 29.7 Å². The van der Waals surface area contributed by atoms with Crippen LogP contribution in [-0.4, -0.2) is 31.7 Å². The minimum atomic E-state index is -1.26. The van der Waals surface area contributed by atoms with Gasteiger partial charge in [0, 0.05) is 14.7 Å². The van der Waals surface area contributed by atoms with Gasteiger partial charge in [-0.15, -0.1) is 10.2 Å². The smallest absolute Gasteiger partial charge is 0.406 e. The van der Waals surface area contributed by atoms with Crippen LogP contribution in [-0.2, 0) is 0 Å². The number of hydrogen-bond acceptors (Lipinski definition) is 4. The highest BCUT2D eigenvalue weighted by molar-refractivity contribution is 14.1. The first-order chi connectivity index (χ1) is 13.0. The van der Waals surface area contributed by atoms with Gasteiger partial charge in [-0.2, -0.15) is 0 Å². The molecule has 1 amide bonds. The second-order valence-electron chi connectivity index (χ2n) is 5.91. The van der Waals surface area contributed by atoms with E-state index in [1.165, 1.54) is 6.07 Å². The fourth-order valence-electron chi connectivity index (χ4n) is 3.08. The number of rotatable bonds is 2. The fraction of sp³-hybridized carbons (Fsp3) is 0.111. The van der Waals surface area contributed by atoms with Gasteiger partial charge in [-0.1, -0.05) is 12.1 Å². The number of nitrogens with zero attached hydrogens (tertiary/aromatic N) is 4. The molecule has 27 heavy (non-hydrogen) atoms. The highest BCUT2D eigenvalue weighted by Gasteiger charge is 2.30. The SMILES string of the molecule is Cc1nnc2n1-c1ccc(I)cc1C(c1ccccc1F)=NC2NC(=O)O. The molecule has 7 nitrogen and oxygen atoms in total. The Morgan fingerprint density at radius 2 is 2.00 bits per heavy atom. The monoisotopic (exact) mass is 477 g/mol. The molecule has 4 rings (SSSR count). The normalized spacial score (nSPS) is 15.4. The van der Waals surface area contributed by atoms with Gasteiger partial charge in [0.05, 0.1) is 11.4 Å². The molecule has 0 saturated heterocycles. The Hall–Kier alpha value is -2.82. The van der Waals surface area contributed by atoms with Gasteiger partial charge in [0.15, 0.2) is 12.0 Å². The van der Waals surface area contributed by atoms with Crippen molar-refractivity contribution in [3.8, 4) is 5.69 Å². The predicted molar refractivity (Wildman–Crippen MR) is 105 cm³/mol. The average Bonchev–Trinajstić information content (AvgIpc) is 2.94. The molecule has 0 spiro atoms. The molecular weight excluding hydrogens is 464 g/mol. The predicted octanol–water partition coefficient (Wildman–Crippen LogP) is 3.44. The largest absolute Gasteiger partial charge is 0.465 e. The molecule has 1 aliphatic rings. The number of aromatic nitrogens is 3. The maximum Gasteiger partial charge on any atom is 0.406 e. The molecule has 1 atom stereocenters. The summed E-state index contributed by atoms with van der Waals surface area (Å²) in [4.78, 5) is 15.9. The number of hydrogen-bond donors (Lipinski definition) is 2. The summed E-state index contributed by atoms with van der Waals surface area (Å²) in [6, 6.07) is 11.9. The third-order valence-electron chi connectivity index (χ3n) is 4.20. The topological polar surface area (TPSA) is 92.4 Å². The van der Waals surface area contributed by atoms with E-state index < -0.39 is 18.1 Å². The highest BCUT2D eigenvalue weighted by Crippen LogP contribution is 2.31. The molecule has 0 bridgehead atoms. The van der Waals surface area contributed by atoms with Crippen LogP contribution in [0.25, 0.3) is 5.69 Å². The number of halogens is 2. The van der Waals surface area contributed by atoms with Crippen LogP contribution in [0, 0.1) is 16.3 Å². The maximum atomic E-state index is 14.6. The number of aryl methyl sites for hydroxylation is 1. The first kappa shape index (κ1) is 17.6. The van der Waals surface area contributed by atoms with Crippen LogP contribution < -0.4 is 5.32 Å². The Bertz CT molecular complexity index is 1100. The standard InChI is InChI=1S/C18H13FIN5O2/c1-9-23-24-17-16(22-18(26)27)21-15(11-4-2-3-5-13(11)19)12-8-10(20)6-7-14(12)25(9)17/h2-8,16,22H,1H3,(H,26,27). The van der Waals surface area contributed by atoms with E-state index >= 15 is 0 Å². The Morgan fingerprint density at radius 1 is 1.22 bits per heavy atom. The maximum absolute atomic E-state index is 14.6. The third kappa shape index (κ3) is 3.07. The lowest BCUT2D eigenvalue weighted by Crippen LogP contribution is -2.27. The molecule has 3 aromatic rings. The average molecular weight is 477 g/mol. The summed E-state index contributed by atoms with van der Waals surface area (Å²) >= 11 is 2.17. The van der Waals surface area contributed by atoms with Gasteiger partial charge in [-0.3, -0.25) is 14.9 Å². The zero-order valence-corrected chi connectivity index (χ0v) is 16.2. The molecule has 2 heterocycles. The molecular formula is C18H13FIN5O2. The van der Waals surface area contributed by atoms with Crippen molar-refractivity contribution in [3.05, 3.63) is 74.6 Å². The first-order valence-electron chi connectivity index (χ1n) is 8.00. The lowest BCUT2D eigenvalue weighted by Gasteiger charge is -2.13. The zero-order chi connectivity index (χ0) is 19.1. The summed E-state index contributed by atoms with van der Waals surface area (Å²) in [6.07, 6.45) is -2.28. The van der Waals surface area contributed by atoms with Crippen LogP contribution in [0.4, 0.5) is 9.18 Å². The molecule has 0 fully saturated rings. The first-order valence-corrected chi connectivity index (χ1v) is 9.08. The summed E-state index contributed by atoms with van der Waals surface area (Å²) in [6.45, 7) is 1.77. The Morgan fingerprint density at radius 3 is 2.74 bits per heavy atom. The van der Waals surface area contributed by atoms with Crippen molar-refractivity contribution < 1.29 is 14.3 Å². The summed E-state index contributed by atoms with van der Waals surface area (Å²) in [5, 5.41) is 19.8. The van der Waals surface area contributed by atoms with Gasteiger partial charge in [-0.05, 0) is 59.8 Å². The number of fused-ring (bicyclic) bond motifs is 3. The Kier molecular flexibility index (Phi) is 4.38. The molecule has 0 saturated carbocycles. The van der Waals surface area contributed by atoms with Crippen LogP contribution in [0.2, 0.25) is 0 Å². The zero-order valence-electron chi connectivity index (χ0n) is 14.0. The van der Waals surface area contributed by atoms with E-state index in [1.807, 2.05) is 18.2 Å². The van der Waals surface area contributed by atoms with Gasteiger partial charge in [0.2, 0.25) is 0 Å². The summed E-state index contributed by atoms with van der Waals surface area (Å²) in [7, 11) is 0. The van der Waals surface area contributed by atoms with Crippen LogP contribution in [0.15, 0.2) is 47.5 Å². The van der Waals surface area contributed by atoms with Crippen molar-refractivity contribution in [2.24, 2.45) is 4.99 Å². The van der Waals surface area contributed by atoms with Crippen LogP contribution in [0.1, 0.15) is 28.9 Å². The number of aliphatic imine (C=N–C) groups is 1.